The highest BCUT2D eigenvalue weighted by Gasteiger charge is 2.09. The van der Waals surface area contributed by atoms with Crippen LogP contribution in [0.3, 0.4) is 0 Å². The number of carbonyl (C=O) groups excluding carboxylic acids is 1. The standard InChI is InChI=1S/C15H14BrFN2O2/c1-9-3-2-4-13(18)15(9)19-14(20)8-21-10-5-6-12(17)11(16)7-10/h2-7H,8,18H2,1H3,(H,19,20). The number of nitrogens with one attached hydrogen (secondary N) is 1. The lowest BCUT2D eigenvalue weighted by molar-refractivity contribution is -0.118. The number of halogens is 2. The Morgan fingerprint density at radius 1 is 1.38 bits per heavy atom. The predicted molar refractivity (Wildman–Crippen MR) is 83.8 cm³/mol. The molecule has 110 valence electrons. The first-order valence-electron chi connectivity index (χ1n) is 6.20. The topological polar surface area (TPSA) is 64.3 Å². The summed E-state index contributed by atoms with van der Waals surface area (Å²) >= 11 is 3.05. The van der Waals surface area contributed by atoms with Crippen LogP contribution in [0.2, 0.25) is 0 Å². The van der Waals surface area contributed by atoms with E-state index in [2.05, 4.69) is 21.2 Å². The molecule has 0 atom stereocenters. The molecule has 0 bridgehead atoms. The molecule has 0 saturated heterocycles. The van der Waals surface area contributed by atoms with Crippen molar-refractivity contribution in [2.45, 2.75) is 6.92 Å². The Kier molecular flexibility index (Phi) is 4.80. The van der Waals surface area contributed by atoms with Crippen LogP contribution in [-0.4, -0.2) is 12.5 Å². The largest absolute Gasteiger partial charge is 0.484 e. The normalized spacial score (nSPS) is 10.2. The lowest BCUT2D eigenvalue weighted by Crippen LogP contribution is -2.21. The fourth-order valence-electron chi connectivity index (χ4n) is 1.75. The van der Waals surface area contributed by atoms with Crippen molar-refractivity contribution in [1.29, 1.82) is 0 Å². The number of carbonyl (C=O) groups is 1. The van der Waals surface area contributed by atoms with E-state index in [0.29, 0.717) is 17.1 Å². The maximum absolute atomic E-state index is 13.1. The minimum absolute atomic E-state index is 0.189. The molecule has 0 heterocycles. The number of hydrogen-bond donors (Lipinski definition) is 2. The quantitative estimate of drug-likeness (QED) is 0.827. The van der Waals surface area contributed by atoms with Gasteiger partial charge in [-0.15, -0.1) is 0 Å². The zero-order valence-corrected chi connectivity index (χ0v) is 12.9. The molecule has 21 heavy (non-hydrogen) atoms. The molecular weight excluding hydrogens is 339 g/mol. The number of amides is 1. The molecule has 4 nitrogen and oxygen atoms in total. The summed E-state index contributed by atoms with van der Waals surface area (Å²) in [5.74, 6) is -0.327. The maximum Gasteiger partial charge on any atom is 0.262 e. The molecule has 0 aliphatic rings. The van der Waals surface area contributed by atoms with E-state index in [9.17, 15) is 9.18 Å². The van der Waals surface area contributed by atoms with Crippen molar-refractivity contribution in [3.63, 3.8) is 0 Å². The van der Waals surface area contributed by atoms with Crippen LogP contribution in [0.25, 0.3) is 0 Å². The summed E-state index contributed by atoms with van der Waals surface area (Å²) in [6, 6.07) is 9.55. The van der Waals surface area contributed by atoms with E-state index in [1.807, 2.05) is 19.1 Å². The maximum atomic E-state index is 13.1. The number of rotatable bonds is 4. The van der Waals surface area contributed by atoms with Crippen molar-refractivity contribution in [3.8, 4) is 5.75 Å². The third-order valence-electron chi connectivity index (χ3n) is 2.83. The molecule has 6 heteroatoms. The van der Waals surface area contributed by atoms with Gasteiger partial charge in [0.1, 0.15) is 11.6 Å². The third-order valence-corrected chi connectivity index (χ3v) is 3.44. The van der Waals surface area contributed by atoms with E-state index in [1.165, 1.54) is 18.2 Å². The van der Waals surface area contributed by atoms with Crippen molar-refractivity contribution < 1.29 is 13.9 Å². The Balaban J connectivity index is 1.97. The zero-order chi connectivity index (χ0) is 15.4. The van der Waals surface area contributed by atoms with E-state index in [1.54, 1.807) is 6.07 Å². The molecule has 0 aliphatic carbocycles. The molecular formula is C15H14BrFN2O2. The second-order valence-electron chi connectivity index (χ2n) is 4.45. The second-order valence-corrected chi connectivity index (χ2v) is 5.31. The fraction of sp³-hybridized carbons (Fsp3) is 0.133. The second kappa shape index (κ2) is 6.58. The van der Waals surface area contributed by atoms with Gasteiger partial charge in [0.15, 0.2) is 6.61 Å². The lowest BCUT2D eigenvalue weighted by atomic mass is 10.1. The van der Waals surface area contributed by atoms with Gasteiger partial charge in [-0.05, 0) is 52.7 Å². The Labute approximate surface area is 130 Å². The van der Waals surface area contributed by atoms with Crippen molar-refractivity contribution in [2.24, 2.45) is 0 Å². The first kappa shape index (κ1) is 15.3. The number of para-hydroxylation sites is 1. The van der Waals surface area contributed by atoms with E-state index in [-0.39, 0.29) is 22.8 Å². The van der Waals surface area contributed by atoms with E-state index in [4.69, 9.17) is 10.5 Å². The van der Waals surface area contributed by atoms with Gasteiger partial charge < -0.3 is 15.8 Å². The van der Waals surface area contributed by atoms with E-state index >= 15 is 0 Å². The molecule has 2 rings (SSSR count). The van der Waals surface area contributed by atoms with E-state index < -0.39 is 0 Å². The molecule has 0 fully saturated rings. The number of benzene rings is 2. The predicted octanol–water partition coefficient (Wildman–Crippen LogP) is 3.50. The van der Waals surface area contributed by atoms with Gasteiger partial charge in [0, 0.05) is 0 Å². The summed E-state index contributed by atoms with van der Waals surface area (Å²) in [5.41, 5.74) is 7.75. The Hall–Kier alpha value is -2.08. The van der Waals surface area contributed by atoms with Gasteiger partial charge in [0.25, 0.3) is 5.91 Å². The van der Waals surface area contributed by atoms with Crippen LogP contribution in [-0.2, 0) is 4.79 Å². The van der Waals surface area contributed by atoms with Crippen molar-refractivity contribution in [3.05, 3.63) is 52.3 Å². The molecule has 0 radical (unpaired) electrons. The zero-order valence-electron chi connectivity index (χ0n) is 11.3. The number of nitrogen functional groups attached to an aromatic ring is 1. The molecule has 0 aromatic heterocycles. The van der Waals surface area contributed by atoms with Crippen LogP contribution >= 0.6 is 15.9 Å². The minimum atomic E-state index is -0.389. The van der Waals surface area contributed by atoms with Crippen LogP contribution in [0.5, 0.6) is 5.75 Å². The van der Waals surface area contributed by atoms with Gasteiger partial charge in [-0.25, -0.2) is 4.39 Å². The highest BCUT2D eigenvalue weighted by atomic mass is 79.9. The van der Waals surface area contributed by atoms with Gasteiger partial charge in [-0.1, -0.05) is 12.1 Å². The molecule has 0 saturated carbocycles. The van der Waals surface area contributed by atoms with Crippen LogP contribution in [0.1, 0.15) is 5.56 Å². The monoisotopic (exact) mass is 352 g/mol. The highest BCUT2D eigenvalue weighted by molar-refractivity contribution is 9.10. The van der Waals surface area contributed by atoms with Gasteiger partial charge in [0.2, 0.25) is 0 Å². The summed E-state index contributed by atoms with van der Waals surface area (Å²) in [6.07, 6.45) is 0. The Bertz CT molecular complexity index is 656. The van der Waals surface area contributed by atoms with Crippen molar-refractivity contribution in [1.82, 2.24) is 0 Å². The average Bonchev–Trinajstić information content (AvgIpc) is 2.44. The first-order valence-corrected chi connectivity index (χ1v) is 6.99. The Morgan fingerprint density at radius 3 is 2.81 bits per heavy atom. The molecule has 2 aromatic rings. The van der Waals surface area contributed by atoms with Crippen molar-refractivity contribution >= 4 is 33.2 Å². The smallest absolute Gasteiger partial charge is 0.262 e. The molecule has 1 amide bonds. The van der Waals surface area contributed by atoms with Crippen molar-refractivity contribution in [2.75, 3.05) is 17.7 Å². The van der Waals surface area contributed by atoms with Gasteiger partial charge in [-0.2, -0.15) is 0 Å². The van der Waals surface area contributed by atoms with Crippen LogP contribution < -0.4 is 15.8 Å². The number of ether oxygens (including phenoxy) is 1. The summed E-state index contributed by atoms with van der Waals surface area (Å²) in [7, 11) is 0. The Morgan fingerprint density at radius 2 is 2.14 bits per heavy atom. The summed E-state index contributed by atoms with van der Waals surface area (Å²) in [4.78, 5) is 11.9. The van der Waals surface area contributed by atoms with Crippen LogP contribution in [0.15, 0.2) is 40.9 Å². The number of aryl methyl sites for hydroxylation is 1. The molecule has 0 unspecified atom stereocenters. The van der Waals surface area contributed by atoms with Gasteiger partial charge in [0.05, 0.1) is 15.8 Å². The van der Waals surface area contributed by atoms with Gasteiger partial charge >= 0.3 is 0 Å². The molecule has 3 N–H and O–H groups in total. The van der Waals surface area contributed by atoms with Crippen LogP contribution in [0, 0.1) is 12.7 Å². The number of hydrogen-bond acceptors (Lipinski definition) is 3. The highest BCUT2D eigenvalue weighted by Crippen LogP contribution is 2.23. The average molecular weight is 353 g/mol. The molecule has 0 spiro atoms. The number of anilines is 2. The first-order chi connectivity index (χ1) is 9.97. The number of nitrogens with two attached hydrogens (primary N) is 1. The summed E-state index contributed by atoms with van der Waals surface area (Å²) in [5, 5.41) is 2.70. The lowest BCUT2D eigenvalue weighted by Gasteiger charge is -2.12. The fourth-order valence-corrected chi connectivity index (χ4v) is 2.11. The minimum Gasteiger partial charge on any atom is -0.484 e. The molecule has 2 aromatic carbocycles. The SMILES string of the molecule is Cc1cccc(N)c1NC(=O)COc1ccc(F)c(Br)c1. The third kappa shape index (κ3) is 3.95. The van der Waals surface area contributed by atoms with Crippen LogP contribution in [0.4, 0.5) is 15.8 Å². The summed E-state index contributed by atoms with van der Waals surface area (Å²) in [6.45, 7) is 1.66. The van der Waals surface area contributed by atoms with Gasteiger partial charge in [-0.3, -0.25) is 4.79 Å². The van der Waals surface area contributed by atoms with E-state index in [0.717, 1.165) is 5.56 Å². The summed E-state index contributed by atoms with van der Waals surface area (Å²) < 4.78 is 18.7. The molecule has 0 aliphatic heterocycles.